The molecular weight excluding hydrogens is 349 g/mol. The summed E-state index contributed by atoms with van der Waals surface area (Å²) in [6.45, 7) is 0. The number of allylic oxidation sites excluding steroid dienone is 1. The number of hydrogen-bond acceptors (Lipinski definition) is 1. The second kappa shape index (κ2) is 6.99. The second-order valence-electron chi connectivity index (χ2n) is 7.05. The van der Waals surface area contributed by atoms with Gasteiger partial charge in [-0.1, -0.05) is 66.2 Å². The van der Waals surface area contributed by atoms with Gasteiger partial charge in [-0.3, -0.25) is 0 Å². The van der Waals surface area contributed by atoms with Crippen molar-refractivity contribution in [2.75, 3.05) is 14.1 Å². The second-order valence-corrected chi connectivity index (χ2v) is 7.49. The summed E-state index contributed by atoms with van der Waals surface area (Å²) in [7, 11) is 4.31. The van der Waals surface area contributed by atoms with E-state index in [0.717, 1.165) is 17.9 Å². The topological polar surface area (TPSA) is 3.24 Å². The molecule has 2 aliphatic rings. The van der Waals surface area contributed by atoms with Crippen molar-refractivity contribution in [1.29, 1.82) is 0 Å². The van der Waals surface area contributed by atoms with Crippen molar-refractivity contribution in [3.63, 3.8) is 0 Å². The monoisotopic (exact) mass is 371 g/mol. The molecule has 0 saturated carbocycles. The zero-order valence-electron chi connectivity index (χ0n) is 14.6. The lowest BCUT2D eigenvalue weighted by Crippen LogP contribution is -2.36. The van der Waals surface area contributed by atoms with Crippen molar-refractivity contribution in [3.05, 3.63) is 81.9 Å². The summed E-state index contributed by atoms with van der Waals surface area (Å²) in [6.07, 6.45) is 11.5. The van der Waals surface area contributed by atoms with Crippen LogP contribution in [0.15, 0.2) is 54.6 Å². The fourth-order valence-electron chi connectivity index (χ4n) is 4.14. The van der Waals surface area contributed by atoms with E-state index in [4.69, 9.17) is 11.6 Å². The largest absolute Gasteiger partial charge is 0.303 e. The first-order valence-electron chi connectivity index (χ1n) is 8.53. The van der Waals surface area contributed by atoms with Crippen LogP contribution in [0, 0.1) is 0 Å². The van der Waals surface area contributed by atoms with Gasteiger partial charge in [0.15, 0.2) is 0 Å². The van der Waals surface area contributed by atoms with E-state index in [1.807, 2.05) is 6.07 Å². The SMILES string of the molecule is CN(C)C1C=CC2(CC1)c1ccccc1C=Cc1ccc(Cl)cc12.Cl. The molecule has 0 bridgehead atoms. The first-order chi connectivity index (χ1) is 11.6. The highest BCUT2D eigenvalue weighted by molar-refractivity contribution is 6.30. The minimum atomic E-state index is -0.0904. The van der Waals surface area contributed by atoms with E-state index >= 15 is 0 Å². The highest BCUT2D eigenvalue weighted by Gasteiger charge is 2.38. The van der Waals surface area contributed by atoms with Gasteiger partial charge in [0.05, 0.1) is 0 Å². The number of fused-ring (bicyclic) bond motifs is 4. The van der Waals surface area contributed by atoms with Gasteiger partial charge < -0.3 is 4.90 Å². The summed E-state index contributed by atoms with van der Waals surface area (Å²) in [5.41, 5.74) is 5.19. The molecule has 2 aromatic carbocycles. The fourth-order valence-corrected chi connectivity index (χ4v) is 4.32. The summed E-state index contributed by atoms with van der Waals surface area (Å²) in [6, 6.07) is 15.6. The zero-order valence-corrected chi connectivity index (χ0v) is 16.1. The van der Waals surface area contributed by atoms with Gasteiger partial charge in [0, 0.05) is 16.5 Å². The van der Waals surface area contributed by atoms with Crippen LogP contribution in [0.1, 0.15) is 35.1 Å². The molecule has 1 spiro atoms. The normalized spacial score (nSPS) is 23.8. The molecule has 2 aromatic rings. The Balaban J connectivity index is 0.00000182. The van der Waals surface area contributed by atoms with E-state index in [9.17, 15) is 0 Å². The lowest BCUT2D eigenvalue weighted by molar-refractivity contribution is 0.297. The molecule has 0 aromatic heterocycles. The molecule has 0 heterocycles. The van der Waals surface area contributed by atoms with Gasteiger partial charge in [-0.2, -0.15) is 0 Å². The Hall–Kier alpha value is -1.54. The number of halogens is 2. The van der Waals surface area contributed by atoms with Crippen molar-refractivity contribution in [3.8, 4) is 0 Å². The average Bonchev–Trinajstić information content (AvgIpc) is 2.72. The van der Waals surface area contributed by atoms with Crippen molar-refractivity contribution in [2.24, 2.45) is 0 Å². The smallest absolute Gasteiger partial charge is 0.0409 e. The maximum Gasteiger partial charge on any atom is 0.0409 e. The van der Waals surface area contributed by atoms with Gasteiger partial charge >= 0.3 is 0 Å². The first kappa shape index (κ1) is 18.3. The quantitative estimate of drug-likeness (QED) is 0.571. The summed E-state index contributed by atoms with van der Waals surface area (Å²) in [5.74, 6) is 0. The summed E-state index contributed by atoms with van der Waals surface area (Å²) in [5, 5.41) is 0.809. The zero-order chi connectivity index (χ0) is 16.7. The molecule has 0 fully saturated rings. The van der Waals surface area contributed by atoms with Crippen molar-refractivity contribution in [2.45, 2.75) is 24.3 Å². The average molecular weight is 372 g/mol. The highest BCUT2D eigenvalue weighted by atomic mass is 35.5. The van der Waals surface area contributed by atoms with Gasteiger partial charge in [-0.15, -0.1) is 12.4 Å². The molecule has 2 atom stereocenters. The third-order valence-corrected chi connectivity index (χ3v) is 5.72. The molecule has 0 N–H and O–H groups in total. The van der Waals surface area contributed by atoms with E-state index in [2.05, 4.69) is 79.7 Å². The van der Waals surface area contributed by atoms with Crippen LogP contribution in [-0.4, -0.2) is 25.0 Å². The molecule has 1 nitrogen and oxygen atoms in total. The lowest BCUT2D eigenvalue weighted by Gasteiger charge is -2.39. The molecule has 2 aliphatic carbocycles. The van der Waals surface area contributed by atoms with Gasteiger partial charge in [-0.25, -0.2) is 0 Å². The lowest BCUT2D eigenvalue weighted by atomic mass is 9.66. The number of nitrogens with zero attached hydrogens (tertiary/aromatic N) is 1. The van der Waals surface area contributed by atoms with Crippen LogP contribution < -0.4 is 0 Å². The molecule has 2 unspecified atom stereocenters. The fraction of sp³-hybridized carbons (Fsp3) is 0.273. The van der Waals surface area contributed by atoms with Gasteiger partial charge in [0.1, 0.15) is 0 Å². The number of rotatable bonds is 1. The minimum absolute atomic E-state index is 0. The van der Waals surface area contributed by atoms with Crippen LogP contribution in [0.5, 0.6) is 0 Å². The Morgan fingerprint density at radius 1 is 1.00 bits per heavy atom. The summed E-state index contributed by atoms with van der Waals surface area (Å²) >= 11 is 6.38. The molecular formula is C22H23Cl2N. The van der Waals surface area contributed by atoms with Crippen molar-refractivity contribution >= 4 is 36.2 Å². The molecule has 0 radical (unpaired) electrons. The first-order valence-corrected chi connectivity index (χ1v) is 8.91. The van der Waals surface area contributed by atoms with E-state index in [0.29, 0.717) is 6.04 Å². The Labute approximate surface area is 161 Å². The molecule has 0 amide bonds. The third kappa shape index (κ3) is 3.06. The standard InChI is InChI=1S/C22H22ClN.ClH/c1-24(2)19-11-13-22(14-12-19)20-6-4-3-5-16(20)7-8-17-9-10-18(23)15-21(17)22;/h3-11,13,15,19H,12,14H2,1-2H3;1H. The summed E-state index contributed by atoms with van der Waals surface area (Å²) < 4.78 is 0. The number of hydrogen-bond donors (Lipinski definition) is 0. The van der Waals surface area contributed by atoms with Crippen LogP contribution in [0.2, 0.25) is 5.02 Å². The third-order valence-electron chi connectivity index (χ3n) is 5.48. The minimum Gasteiger partial charge on any atom is -0.303 e. The van der Waals surface area contributed by atoms with E-state index in [1.54, 1.807) is 0 Å². The van der Waals surface area contributed by atoms with Crippen LogP contribution in [0.4, 0.5) is 0 Å². The Bertz CT molecular complexity index is 838. The number of benzene rings is 2. The maximum absolute atomic E-state index is 6.38. The maximum atomic E-state index is 6.38. The molecule has 130 valence electrons. The number of likely N-dealkylation sites (N-methyl/N-ethyl adjacent to an activating group) is 1. The Kier molecular flexibility index (Phi) is 5.11. The van der Waals surface area contributed by atoms with E-state index in [1.165, 1.54) is 22.3 Å². The van der Waals surface area contributed by atoms with Crippen molar-refractivity contribution in [1.82, 2.24) is 4.90 Å². The van der Waals surface area contributed by atoms with E-state index < -0.39 is 0 Å². The van der Waals surface area contributed by atoms with Crippen molar-refractivity contribution < 1.29 is 0 Å². The molecule has 4 rings (SSSR count). The Morgan fingerprint density at radius 3 is 2.40 bits per heavy atom. The van der Waals surface area contributed by atoms with Gasteiger partial charge in [0.25, 0.3) is 0 Å². The molecule has 0 aliphatic heterocycles. The highest BCUT2D eigenvalue weighted by Crippen LogP contribution is 2.47. The predicted octanol–water partition coefficient (Wildman–Crippen LogP) is 5.81. The Morgan fingerprint density at radius 2 is 1.72 bits per heavy atom. The molecule has 25 heavy (non-hydrogen) atoms. The predicted molar refractivity (Wildman–Crippen MR) is 111 cm³/mol. The van der Waals surface area contributed by atoms with Gasteiger partial charge in [0.2, 0.25) is 0 Å². The molecule has 0 saturated heterocycles. The van der Waals surface area contributed by atoms with Crippen LogP contribution in [-0.2, 0) is 5.41 Å². The summed E-state index contributed by atoms with van der Waals surface area (Å²) in [4.78, 5) is 2.29. The van der Waals surface area contributed by atoms with Crippen LogP contribution in [0.3, 0.4) is 0 Å². The van der Waals surface area contributed by atoms with Crippen LogP contribution >= 0.6 is 24.0 Å². The van der Waals surface area contributed by atoms with E-state index in [-0.39, 0.29) is 17.8 Å². The van der Waals surface area contributed by atoms with Crippen LogP contribution in [0.25, 0.3) is 12.2 Å². The van der Waals surface area contributed by atoms with Gasteiger partial charge in [-0.05, 0) is 61.3 Å². The molecule has 3 heteroatoms.